The minimum absolute atomic E-state index is 0.207. The minimum Gasteiger partial charge on any atom is -0.497 e. The molecule has 1 fully saturated rings. The molecule has 1 saturated carbocycles. The van der Waals surface area contributed by atoms with Crippen LogP contribution in [0.3, 0.4) is 0 Å². The Labute approximate surface area is 114 Å². The molecule has 1 aliphatic rings. The van der Waals surface area contributed by atoms with Crippen LogP contribution in [0.25, 0.3) is 0 Å². The quantitative estimate of drug-likeness (QED) is 0.881. The van der Waals surface area contributed by atoms with Gasteiger partial charge in [0, 0.05) is 0 Å². The molecule has 2 rings (SSSR count). The summed E-state index contributed by atoms with van der Waals surface area (Å²) in [4.78, 5) is 11.7. The van der Waals surface area contributed by atoms with Crippen molar-refractivity contribution in [2.75, 3.05) is 7.11 Å². The zero-order valence-corrected chi connectivity index (χ0v) is 11.9. The van der Waals surface area contributed by atoms with Crippen LogP contribution in [0.4, 0.5) is 0 Å². The lowest BCUT2D eigenvalue weighted by atomic mass is 9.48. The minimum atomic E-state index is -0.699. The van der Waals surface area contributed by atoms with Crippen LogP contribution >= 0.6 is 0 Å². The third-order valence-electron chi connectivity index (χ3n) is 4.91. The summed E-state index contributed by atoms with van der Waals surface area (Å²) >= 11 is 0. The second kappa shape index (κ2) is 4.87. The van der Waals surface area contributed by atoms with Crippen molar-refractivity contribution >= 4 is 5.97 Å². The predicted molar refractivity (Wildman–Crippen MR) is 74.6 cm³/mol. The van der Waals surface area contributed by atoms with Crippen LogP contribution < -0.4 is 4.74 Å². The first-order valence-corrected chi connectivity index (χ1v) is 6.90. The highest BCUT2D eigenvalue weighted by atomic mass is 16.5. The van der Waals surface area contributed by atoms with Gasteiger partial charge in [-0.1, -0.05) is 38.8 Å². The SMILES string of the molecule is CCC1(CC)CC(C(=O)O)(c2ccc(OC)cc2)C1. The molecule has 0 heterocycles. The van der Waals surface area contributed by atoms with Crippen molar-refractivity contribution in [1.29, 1.82) is 0 Å². The van der Waals surface area contributed by atoms with E-state index in [-0.39, 0.29) is 5.41 Å². The van der Waals surface area contributed by atoms with E-state index in [1.807, 2.05) is 24.3 Å². The Kier molecular flexibility index (Phi) is 3.57. The number of hydrogen-bond donors (Lipinski definition) is 1. The van der Waals surface area contributed by atoms with E-state index in [1.165, 1.54) is 0 Å². The van der Waals surface area contributed by atoms with Crippen molar-refractivity contribution in [1.82, 2.24) is 0 Å². The Balaban J connectivity index is 2.30. The molecule has 0 aliphatic heterocycles. The van der Waals surface area contributed by atoms with E-state index in [1.54, 1.807) is 7.11 Å². The number of aliphatic carboxylic acids is 1. The first-order valence-electron chi connectivity index (χ1n) is 6.90. The topological polar surface area (TPSA) is 46.5 Å². The molecule has 3 heteroatoms. The molecule has 0 saturated heterocycles. The summed E-state index contributed by atoms with van der Waals surface area (Å²) < 4.78 is 5.13. The molecule has 1 aromatic carbocycles. The number of methoxy groups -OCH3 is 1. The largest absolute Gasteiger partial charge is 0.497 e. The fraction of sp³-hybridized carbons (Fsp3) is 0.562. The molecule has 1 aromatic rings. The highest BCUT2D eigenvalue weighted by molar-refractivity contribution is 5.83. The van der Waals surface area contributed by atoms with E-state index in [2.05, 4.69) is 13.8 Å². The van der Waals surface area contributed by atoms with Crippen LogP contribution in [0, 0.1) is 5.41 Å². The Morgan fingerprint density at radius 3 is 2.11 bits per heavy atom. The summed E-state index contributed by atoms with van der Waals surface area (Å²) in [5.74, 6) is 0.0658. The third kappa shape index (κ3) is 2.11. The van der Waals surface area contributed by atoms with Crippen LogP contribution in [-0.4, -0.2) is 18.2 Å². The number of rotatable bonds is 5. The highest BCUT2D eigenvalue weighted by Gasteiger charge is 2.58. The molecule has 1 N–H and O–H groups in total. The second-order valence-corrected chi connectivity index (χ2v) is 5.68. The fourth-order valence-corrected chi connectivity index (χ4v) is 3.37. The lowest BCUT2D eigenvalue weighted by Gasteiger charge is -2.54. The van der Waals surface area contributed by atoms with Gasteiger partial charge in [0.1, 0.15) is 5.75 Å². The predicted octanol–water partition coefficient (Wildman–Crippen LogP) is 3.62. The molecule has 0 unspecified atom stereocenters. The van der Waals surface area contributed by atoms with Crippen LogP contribution in [0.2, 0.25) is 0 Å². The van der Waals surface area contributed by atoms with Crippen LogP contribution in [0.5, 0.6) is 5.75 Å². The first-order chi connectivity index (χ1) is 9.02. The van der Waals surface area contributed by atoms with Gasteiger partial charge in [-0.15, -0.1) is 0 Å². The second-order valence-electron chi connectivity index (χ2n) is 5.68. The highest BCUT2D eigenvalue weighted by Crippen LogP contribution is 2.59. The maximum absolute atomic E-state index is 11.7. The van der Waals surface area contributed by atoms with E-state index in [4.69, 9.17) is 4.74 Å². The molecule has 0 atom stereocenters. The number of carbonyl (C=O) groups is 1. The maximum atomic E-state index is 11.7. The number of hydrogen-bond acceptors (Lipinski definition) is 2. The third-order valence-corrected chi connectivity index (χ3v) is 4.91. The Hall–Kier alpha value is -1.51. The zero-order chi connectivity index (χ0) is 14.1. The Morgan fingerprint density at radius 2 is 1.74 bits per heavy atom. The van der Waals surface area contributed by atoms with E-state index < -0.39 is 11.4 Å². The van der Waals surface area contributed by atoms with Gasteiger partial charge in [-0.05, 0) is 36.0 Å². The van der Waals surface area contributed by atoms with E-state index in [0.29, 0.717) is 0 Å². The van der Waals surface area contributed by atoms with Gasteiger partial charge in [-0.25, -0.2) is 0 Å². The van der Waals surface area contributed by atoms with E-state index >= 15 is 0 Å². The number of ether oxygens (including phenoxy) is 1. The Bertz CT molecular complexity index is 449. The van der Waals surface area contributed by atoms with Crippen molar-refractivity contribution in [3.8, 4) is 5.75 Å². The van der Waals surface area contributed by atoms with Crippen LogP contribution in [-0.2, 0) is 10.2 Å². The van der Waals surface area contributed by atoms with Gasteiger partial charge < -0.3 is 9.84 Å². The van der Waals surface area contributed by atoms with E-state index in [0.717, 1.165) is 37.0 Å². The van der Waals surface area contributed by atoms with Gasteiger partial charge in [0.05, 0.1) is 12.5 Å². The first kappa shape index (κ1) is 13.9. The molecule has 0 spiro atoms. The fourth-order valence-electron chi connectivity index (χ4n) is 3.37. The van der Waals surface area contributed by atoms with Gasteiger partial charge in [0.25, 0.3) is 0 Å². The van der Waals surface area contributed by atoms with Crippen LogP contribution in [0.15, 0.2) is 24.3 Å². The molecule has 104 valence electrons. The molecule has 0 aromatic heterocycles. The Morgan fingerprint density at radius 1 is 1.21 bits per heavy atom. The van der Waals surface area contributed by atoms with Gasteiger partial charge in [-0.3, -0.25) is 4.79 Å². The van der Waals surface area contributed by atoms with Crippen molar-refractivity contribution < 1.29 is 14.6 Å². The van der Waals surface area contributed by atoms with Crippen molar-refractivity contribution in [2.45, 2.75) is 44.9 Å². The van der Waals surface area contributed by atoms with Gasteiger partial charge in [-0.2, -0.15) is 0 Å². The van der Waals surface area contributed by atoms with Gasteiger partial charge in [0.2, 0.25) is 0 Å². The molecule has 1 aliphatic carbocycles. The zero-order valence-electron chi connectivity index (χ0n) is 11.9. The van der Waals surface area contributed by atoms with Crippen LogP contribution in [0.1, 0.15) is 45.1 Å². The number of benzene rings is 1. The summed E-state index contributed by atoms with van der Waals surface area (Å²) in [6.07, 6.45) is 3.59. The maximum Gasteiger partial charge on any atom is 0.314 e. The smallest absolute Gasteiger partial charge is 0.314 e. The molecular weight excluding hydrogens is 240 g/mol. The normalized spacial score (nSPS) is 19.5. The van der Waals surface area contributed by atoms with Crippen molar-refractivity contribution in [3.63, 3.8) is 0 Å². The average molecular weight is 262 g/mol. The van der Waals surface area contributed by atoms with Gasteiger partial charge in [0.15, 0.2) is 0 Å². The van der Waals surface area contributed by atoms with E-state index in [9.17, 15) is 9.90 Å². The monoisotopic (exact) mass is 262 g/mol. The molecule has 0 amide bonds. The van der Waals surface area contributed by atoms with Crippen molar-refractivity contribution in [3.05, 3.63) is 29.8 Å². The summed E-state index contributed by atoms with van der Waals surface area (Å²) in [6, 6.07) is 7.47. The average Bonchev–Trinajstić information content (AvgIpc) is 2.39. The van der Waals surface area contributed by atoms with Crippen molar-refractivity contribution in [2.24, 2.45) is 5.41 Å². The number of carboxylic acid groups (broad SMARTS) is 1. The molecule has 3 nitrogen and oxygen atoms in total. The molecular formula is C16H22O3. The summed E-state index contributed by atoms with van der Waals surface area (Å²) in [6.45, 7) is 4.31. The lowest BCUT2D eigenvalue weighted by molar-refractivity contribution is -0.155. The summed E-state index contributed by atoms with van der Waals surface area (Å²) in [5, 5.41) is 9.66. The molecule has 19 heavy (non-hydrogen) atoms. The summed E-state index contributed by atoms with van der Waals surface area (Å²) in [7, 11) is 1.62. The number of carboxylic acids is 1. The van der Waals surface area contributed by atoms with Gasteiger partial charge >= 0.3 is 5.97 Å². The summed E-state index contributed by atoms with van der Waals surface area (Å²) in [5.41, 5.74) is 0.412. The molecule has 0 radical (unpaired) electrons. The molecule has 0 bridgehead atoms. The standard InChI is InChI=1S/C16H22O3/c1-4-15(5-2)10-16(11-15,14(17)18)12-6-8-13(19-3)9-7-12/h6-9H,4-5,10-11H2,1-3H3,(H,17,18). The lowest BCUT2D eigenvalue weighted by Crippen LogP contribution is -2.54.